The molecule has 2 aromatic carbocycles. The van der Waals surface area contributed by atoms with Gasteiger partial charge in [0.1, 0.15) is 18.0 Å². The van der Waals surface area contributed by atoms with E-state index in [9.17, 15) is 9.59 Å². The molecule has 7 nitrogen and oxygen atoms in total. The van der Waals surface area contributed by atoms with Crippen LogP contribution in [0.4, 0.5) is 5.69 Å². The average Bonchev–Trinajstić information content (AvgIpc) is 3.33. The number of carboxylic acid groups (broad SMARTS) is 1. The number of amides is 1. The third-order valence-corrected chi connectivity index (χ3v) is 6.36. The number of hydrogen-bond donors (Lipinski definition) is 3. The number of aliphatic carboxylic acids is 1. The Morgan fingerprint density at radius 1 is 1.03 bits per heavy atom. The van der Waals surface area contributed by atoms with Crippen molar-refractivity contribution in [1.82, 2.24) is 5.32 Å². The number of nitrogens with one attached hydrogen (secondary N) is 2. The van der Waals surface area contributed by atoms with Gasteiger partial charge in [0.2, 0.25) is 5.91 Å². The van der Waals surface area contributed by atoms with Crippen LogP contribution < -0.4 is 20.1 Å². The Labute approximate surface area is 201 Å². The molecule has 3 N–H and O–H groups in total. The summed E-state index contributed by atoms with van der Waals surface area (Å²) in [6.07, 6.45) is 6.71. The summed E-state index contributed by atoms with van der Waals surface area (Å²) in [7, 11) is 3.23. The molecule has 7 heteroatoms. The van der Waals surface area contributed by atoms with Crippen LogP contribution in [0.5, 0.6) is 11.5 Å². The largest absolute Gasteiger partial charge is 0.496 e. The molecule has 0 unspecified atom stereocenters. The Morgan fingerprint density at radius 2 is 1.65 bits per heavy atom. The van der Waals surface area contributed by atoms with Crippen molar-refractivity contribution in [1.29, 1.82) is 0 Å². The van der Waals surface area contributed by atoms with Crippen molar-refractivity contribution in [2.75, 3.05) is 26.1 Å². The zero-order valence-corrected chi connectivity index (χ0v) is 20.6. The number of carboxylic acids is 1. The fraction of sp³-hybridized carbons (Fsp3) is 0.407. The molecule has 3 rings (SSSR count). The summed E-state index contributed by atoms with van der Waals surface area (Å²) in [5, 5.41) is 14.8. The second kappa shape index (κ2) is 11.1. The molecule has 0 aliphatic heterocycles. The average molecular weight is 467 g/mol. The SMILES string of the molecule is COc1c(C)c(-c2ccc(NC3CCCC3)cc2)c(OC)c(C)c1C=C(C)C(=O)NCC(=O)O. The first-order chi connectivity index (χ1) is 16.3. The van der Waals surface area contributed by atoms with E-state index in [2.05, 4.69) is 34.9 Å². The van der Waals surface area contributed by atoms with E-state index in [1.165, 1.54) is 25.7 Å². The number of anilines is 1. The molecule has 0 heterocycles. The highest BCUT2D eigenvalue weighted by Gasteiger charge is 2.22. The number of carbonyl (C=O) groups excluding carboxylic acids is 1. The fourth-order valence-electron chi connectivity index (χ4n) is 4.62. The summed E-state index contributed by atoms with van der Waals surface area (Å²) in [5.74, 6) is -0.192. The van der Waals surface area contributed by atoms with Crippen LogP contribution in [0, 0.1) is 13.8 Å². The van der Waals surface area contributed by atoms with E-state index in [1.54, 1.807) is 27.2 Å². The molecule has 0 bridgehead atoms. The number of methoxy groups -OCH3 is 2. The monoisotopic (exact) mass is 466 g/mol. The Kier molecular flexibility index (Phi) is 8.21. The molecule has 0 radical (unpaired) electrons. The van der Waals surface area contributed by atoms with Gasteiger partial charge in [-0.05, 0) is 57.4 Å². The molecule has 1 amide bonds. The number of ether oxygens (including phenoxy) is 2. The highest BCUT2D eigenvalue weighted by atomic mass is 16.5. The van der Waals surface area contributed by atoms with Crippen molar-refractivity contribution in [3.8, 4) is 22.6 Å². The standard InChI is InChI=1S/C27H34N2O5/c1-16(27(32)28-15-23(30)31)14-22-17(2)26(34-5)24(18(3)25(22)33-4)19-10-12-21(13-11-19)29-20-8-6-7-9-20/h10-14,20,29H,6-9,15H2,1-5H3,(H,28,32)(H,30,31). The van der Waals surface area contributed by atoms with Crippen molar-refractivity contribution in [2.45, 2.75) is 52.5 Å². The lowest BCUT2D eigenvalue weighted by molar-refractivity contribution is -0.137. The van der Waals surface area contributed by atoms with Crippen LogP contribution in [0.25, 0.3) is 17.2 Å². The minimum absolute atomic E-state index is 0.374. The van der Waals surface area contributed by atoms with Gasteiger partial charge >= 0.3 is 5.97 Å². The number of benzene rings is 2. The first-order valence-electron chi connectivity index (χ1n) is 11.6. The number of rotatable bonds is 9. The highest BCUT2D eigenvalue weighted by Crippen LogP contribution is 2.45. The molecular weight excluding hydrogens is 432 g/mol. The van der Waals surface area contributed by atoms with Crippen molar-refractivity contribution in [3.63, 3.8) is 0 Å². The summed E-state index contributed by atoms with van der Waals surface area (Å²) < 4.78 is 11.6. The lowest BCUT2D eigenvalue weighted by Crippen LogP contribution is -2.29. The first-order valence-corrected chi connectivity index (χ1v) is 11.6. The van der Waals surface area contributed by atoms with Gasteiger partial charge in [-0.25, -0.2) is 0 Å². The van der Waals surface area contributed by atoms with Crippen LogP contribution >= 0.6 is 0 Å². The molecule has 1 fully saturated rings. The number of carbonyl (C=O) groups is 2. The Balaban J connectivity index is 2.00. The molecule has 0 atom stereocenters. The molecule has 0 spiro atoms. The van der Waals surface area contributed by atoms with Crippen molar-refractivity contribution < 1.29 is 24.2 Å². The van der Waals surface area contributed by atoms with E-state index >= 15 is 0 Å². The maximum atomic E-state index is 12.3. The Morgan fingerprint density at radius 3 is 2.21 bits per heavy atom. The topological polar surface area (TPSA) is 96.9 Å². The predicted octanol–water partition coefficient (Wildman–Crippen LogP) is 4.95. The van der Waals surface area contributed by atoms with Crippen molar-refractivity contribution in [2.24, 2.45) is 0 Å². The Bertz CT molecular complexity index is 1080. The van der Waals surface area contributed by atoms with Crippen molar-refractivity contribution in [3.05, 3.63) is 46.5 Å². The van der Waals surface area contributed by atoms with Crippen LogP contribution in [0.1, 0.15) is 49.3 Å². The van der Waals surface area contributed by atoms with Crippen LogP contribution in [0.3, 0.4) is 0 Å². The van der Waals surface area contributed by atoms with E-state index in [0.717, 1.165) is 33.5 Å². The second-order valence-electron chi connectivity index (χ2n) is 8.71. The van der Waals surface area contributed by atoms with Gasteiger partial charge in [-0.1, -0.05) is 25.0 Å². The zero-order chi connectivity index (χ0) is 24.8. The molecular formula is C27H34N2O5. The Hall–Kier alpha value is -3.48. The van der Waals surface area contributed by atoms with Gasteiger partial charge in [0, 0.05) is 39.6 Å². The molecule has 1 aliphatic carbocycles. The van der Waals surface area contributed by atoms with Gasteiger partial charge in [-0.15, -0.1) is 0 Å². The van der Waals surface area contributed by atoms with E-state index in [0.29, 0.717) is 23.1 Å². The molecule has 34 heavy (non-hydrogen) atoms. The minimum atomic E-state index is -1.10. The second-order valence-corrected chi connectivity index (χ2v) is 8.71. The van der Waals surface area contributed by atoms with Crippen LogP contribution in [0.2, 0.25) is 0 Å². The number of hydrogen-bond acceptors (Lipinski definition) is 5. The maximum Gasteiger partial charge on any atom is 0.322 e. The molecule has 182 valence electrons. The van der Waals surface area contributed by atoms with Crippen molar-refractivity contribution >= 4 is 23.6 Å². The maximum absolute atomic E-state index is 12.3. The summed E-state index contributed by atoms with van der Waals surface area (Å²) in [6, 6.07) is 8.91. The summed E-state index contributed by atoms with van der Waals surface area (Å²) in [5.41, 5.74) is 5.89. The van der Waals surface area contributed by atoms with Gasteiger partial charge in [0.05, 0.1) is 14.2 Å². The molecule has 1 saturated carbocycles. The van der Waals surface area contributed by atoms with Gasteiger partial charge in [-0.2, -0.15) is 0 Å². The molecule has 0 aromatic heterocycles. The smallest absolute Gasteiger partial charge is 0.322 e. The summed E-state index contributed by atoms with van der Waals surface area (Å²) in [4.78, 5) is 23.1. The van der Waals surface area contributed by atoms with Crippen LogP contribution in [-0.2, 0) is 9.59 Å². The molecule has 0 saturated heterocycles. The van der Waals surface area contributed by atoms with E-state index in [4.69, 9.17) is 14.6 Å². The normalized spacial score (nSPS) is 14.1. The van der Waals surface area contributed by atoms with E-state index < -0.39 is 18.4 Å². The first kappa shape index (κ1) is 25.1. The quantitative estimate of drug-likeness (QED) is 0.453. The van der Waals surface area contributed by atoms with E-state index in [1.807, 2.05) is 13.8 Å². The fourth-order valence-corrected chi connectivity index (χ4v) is 4.62. The van der Waals surface area contributed by atoms with Crippen LogP contribution in [0.15, 0.2) is 29.8 Å². The minimum Gasteiger partial charge on any atom is -0.496 e. The predicted molar refractivity (Wildman–Crippen MR) is 135 cm³/mol. The highest BCUT2D eigenvalue weighted by molar-refractivity contribution is 5.99. The van der Waals surface area contributed by atoms with Gasteiger partial charge in [-0.3, -0.25) is 9.59 Å². The van der Waals surface area contributed by atoms with Gasteiger partial charge in [0.15, 0.2) is 0 Å². The van der Waals surface area contributed by atoms with Gasteiger partial charge in [0.25, 0.3) is 0 Å². The van der Waals surface area contributed by atoms with Gasteiger partial charge < -0.3 is 25.2 Å². The van der Waals surface area contributed by atoms with E-state index in [-0.39, 0.29) is 0 Å². The third-order valence-electron chi connectivity index (χ3n) is 6.36. The lowest BCUT2D eigenvalue weighted by Gasteiger charge is -2.22. The van der Waals surface area contributed by atoms with Crippen LogP contribution in [-0.4, -0.2) is 43.8 Å². The molecule has 1 aliphatic rings. The lowest BCUT2D eigenvalue weighted by atomic mass is 9.91. The summed E-state index contributed by atoms with van der Waals surface area (Å²) in [6.45, 7) is 5.10. The summed E-state index contributed by atoms with van der Waals surface area (Å²) >= 11 is 0. The zero-order valence-electron chi connectivity index (χ0n) is 20.6. The molecule has 2 aromatic rings. The third kappa shape index (κ3) is 5.53.